The Morgan fingerprint density at radius 2 is 1.69 bits per heavy atom. The fourth-order valence-electron chi connectivity index (χ4n) is 8.31. The summed E-state index contributed by atoms with van der Waals surface area (Å²) in [6, 6.07) is 0. The number of ether oxygens (including phenoxy) is 1. The molecule has 0 bridgehead atoms. The molecule has 4 saturated carbocycles. The summed E-state index contributed by atoms with van der Waals surface area (Å²) in [6.45, 7) is 21.3. The molecule has 0 radical (unpaired) electrons. The van der Waals surface area contributed by atoms with E-state index < -0.39 is 13.9 Å². The first-order chi connectivity index (χ1) is 13.1. The number of carbonyl (C=O) groups excluding carboxylic acids is 1. The van der Waals surface area contributed by atoms with E-state index in [0.29, 0.717) is 17.6 Å². The van der Waals surface area contributed by atoms with Gasteiger partial charge in [-0.15, -0.1) is 0 Å². The molecule has 5 rings (SSSR count). The predicted octanol–water partition coefficient (Wildman–Crippen LogP) is 6.12. The molecule has 4 aliphatic carbocycles. The van der Waals surface area contributed by atoms with Crippen LogP contribution in [-0.2, 0) is 14.0 Å². The van der Waals surface area contributed by atoms with Gasteiger partial charge < -0.3 is 9.16 Å². The van der Waals surface area contributed by atoms with E-state index in [1.165, 1.54) is 25.7 Å². The number of Topliss-reactive ketones (excluding diaryl/α,β-unsaturated/α-hetero) is 1. The SMILES string of the molecule is CC(C)(C)[Si](C)(C)O[C@@]12CC[C@]3(C)[C@H]4C[C@@H]5O[C@]5(C)C(=O)[C@]4(C)CC[C@H]3[C@]1(C)C2. The third-order valence-corrected chi connectivity index (χ3v) is 15.9. The van der Waals surface area contributed by atoms with Gasteiger partial charge >= 0.3 is 0 Å². The van der Waals surface area contributed by atoms with Crippen LogP contribution in [-0.4, -0.2) is 31.4 Å². The van der Waals surface area contributed by atoms with Gasteiger partial charge in [-0.1, -0.05) is 41.5 Å². The fourth-order valence-corrected chi connectivity index (χ4v) is 10.0. The lowest BCUT2D eigenvalue weighted by Gasteiger charge is -2.62. The Bertz CT molecular complexity index is 785. The lowest BCUT2D eigenvalue weighted by molar-refractivity contribution is -0.165. The topological polar surface area (TPSA) is 38.8 Å². The quantitative estimate of drug-likeness (QED) is 0.400. The van der Waals surface area contributed by atoms with Gasteiger partial charge in [0.05, 0.1) is 11.7 Å². The van der Waals surface area contributed by atoms with E-state index in [0.717, 1.165) is 12.8 Å². The van der Waals surface area contributed by atoms with Crippen LogP contribution in [0.15, 0.2) is 0 Å². The molecule has 0 amide bonds. The molecule has 0 N–H and O–H groups in total. The first-order valence-corrected chi connectivity index (χ1v) is 14.9. The number of rotatable bonds is 2. The number of hydrogen-bond acceptors (Lipinski definition) is 3. The van der Waals surface area contributed by atoms with Crippen molar-refractivity contribution in [2.45, 2.75) is 122 Å². The molecule has 0 unspecified atom stereocenters. The number of hydrogen-bond donors (Lipinski definition) is 0. The lowest BCUT2D eigenvalue weighted by atomic mass is 9.42. The molecule has 1 aliphatic heterocycles. The monoisotopic (exact) mass is 418 g/mol. The Labute approximate surface area is 178 Å². The second-order valence-corrected chi connectivity index (χ2v) is 18.5. The number of epoxide rings is 1. The van der Waals surface area contributed by atoms with E-state index in [-0.39, 0.29) is 33.0 Å². The summed E-state index contributed by atoms with van der Waals surface area (Å²) in [5, 5.41) is 0.251. The van der Waals surface area contributed by atoms with E-state index >= 15 is 0 Å². The van der Waals surface area contributed by atoms with Gasteiger partial charge in [0.15, 0.2) is 19.7 Å². The third kappa shape index (κ3) is 2.30. The molecule has 5 fully saturated rings. The standard InChI is InChI=1S/C25H42O3Si/c1-20(2,3)29(8,9)28-25-13-12-21(4)16(23(25,6)15-25)10-11-22(5)17(21)14-18-24(7,27-18)19(22)26/h16-18H,10-15H2,1-9H3/t16-,17-,18+,21+,22-,23+,24+,25-/m1/s1. The minimum atomic E-state index is -1.80. The zero-order valence-electron chi connectivity index (χ0n) is 20.2. The minimum absolute atomic E-state index is 0.0944. The van der Waals surface area contributed by atoms with Crippen LogP contribution in [0, 0.1) is 28.1 Å². The largest absolute Gasteiger partial charge is 0.411 e. The van der Waals surface area contributed by atoms with Gasteiger partial charge in [-0.25, -0.2) is 0 Å². The third-order valence-electron chi connectivity index (χ3n) is 11.3. The van der Waals surface area contributed by atoms with Gasteiger partial charge in [0.25, 0.3) is 0 Å². The molecular weight excluding hydrogens is 376 g/mol. The van der Waals surface area contributed by atoms with E-state index in [9.17, 15) is 4.79 Å². The smallest absolute Gasteiger partial charge is 0.192 e. The maximum absolute atomic E-state index is 13.5. The summed E-state index contributed by atoms with van der Waals surface area (Å²) in [7, 11) is -1.80. The van der Waals surface area contributed by atoms with Crippen LogP contribution in [0.2, 0.25) is 18.1 Å². The molecule has 29 heavy (non-hydrogen) atoms. The Hall–Kier alpha value is -0.193. The Morgan fingerprint density at radius 1 is 1.03 bits per heavy atom. The van der Waals surface area contributed by atoms with Gasteiger partial charge in [-0.3, -0.25) is 4.79 Å². The van der Waals surface area contributed by atoms with Crippen molar-refractivity contribution in [3.05, 3.63) is 0 Å². The van der Waals surface area contributed by atoms with E-state index in [1.54, 1.807) is 0 Å². The second-order valence-electron chi connectivity index (χ2n) is 13.8. The molecule has 8 atom stereocenters. The van der Waals surface area contributed by atoms with Crippen molar-refractivity contribution in [2.24, 2.45) is 28.1 Å². The van der Waals surface area contributed by atoms with Crippen LogP contribution in [0.5, 0.6) is 0 Å². The van der Waals surface area contributed by atoms with Crippen LogP contribution in [0.25, 0.3) is 0 Å². The molecule has 0 spiro atoms. The Balaban J connectivity index is 1.46. The van der Waals surface area contributed by atoms with Crippen LogP contribution < -0.4 is 0 Å². The van der Waals surface area contributed by atoms with Crippen LogP contribution in [0.4, 0.5) is 0 Å². The lowest BCUT2D eigenvalue weighted by Crippen LogP contribution is -2.62. The highest BCUT2D eigenvalue weighted by molar-refractivity contribution is 6.74. The molecule has 0 aromatic heterocycles. The molecule has 0 aromatic rings. The summed E-state index contributed by atoms with van der Waals surface area (Å²) < 4.78 is 13.2. The van der Waals surface area contributed by atoms with Gasteiger partial charge in [0.1, 0.15) is 0 Å². The van der Waals surface area contributed by atoms with E-state index in [4.69, 9.17) is 9.16 Å². The molecule has 5 aliphatic rings. The molecule has 1 heterocycles. The summed E-state index contributed by atoms with van der Waals surface area (Å²) in [6.07, 6.45) is 7.07. The maximum atomic E-state index is 13.5. The van der Waals surface area contributed by atoms with Crippen LogP contribution >= 0.6 is 0 Å². The maximum Gasteiger partial charge on any atom is 0.192 e. The first-order valence-electron chi connectivity index (χ1n) is 12.0. The highest BCUT2D eigenvalue weighted by Crippen LogP contribution is 2.79. The van der Waals surface area contributed by atoms with Gasteiger partial charge in [-0.05, 0) is 80.8 Å². The molecule has 3 nitrogen and oxygen atoms in total. The molecule has 164 valence electrons. The van der Waals surface area contributed by atoms with Crippen molar-refractivity contribution in [1.29, 1.82) is 0 Å². The van der Waals surface area contributed by atoms with Gasteiger partial charge in [-0.2, -0.15) is 0 Å². The van der Waals surface area contributed by atoms with Crippen LogP contribution in [0.3, 0.4) is 0 Å². The summed E-state index contributed by atoms with van der Waals surface area (Å²) in [5.41, 5.74) is -0.0515. The van der Waals surface area contributed by atoms with E-state index in [1.807, 2.05) is 6.92 Å². The van der Waals surface area contributed by atoms with Gasteiger partial charge in [0, 0.05) is 10.8 Å². The second kappa shape index (κ2) is 5.23. The first kappa shape index (κ1) is 20.7. The summed E-state index contributed by atoms with van der Waals surface area (Å²) in [4.78, 5) is 13.5. The summed E-state index contributed by atoms with van der Waals surface area (Å²) >= 11 is 0. The van der Waals surface area contributed by atoms with Crippen LogP contribution in [0.1, 0.15) is 87.0 Å². The average molecular weight is 419 g/mol. The highest BCUT2D eigenvalue weighted by atomic mass is 28.4. The number of fused-ring (bicyclic) bond motifs is 6. The molecule has 1 saturated heterocycles. The Morgan fingerprint density at radius 3 is 2.31 bits per heavy atom. The van der Waals surface area contributed by atoms with Crippen molar-refractivity contribution in [3.63, 3.8) is 0 Å². The fraction of sp³-hybridized carbons (Fsp3) is 0.960. The normalized spacial score (nSPS) is 56.0. The average Bonchev–Trinajstić information content (AvgIpc) is 3.42. The number of carbonyl (C=O) groups is 1. The molecule has 0 aromatic carbocycles. The zero-order chi connectivity index (χ0) is 21.5. The molecule has 4 heteroatoms. The van der Waals surface area contributed by atoms with Crippen molar-refractivity contribution in [3.8, 4) is 0 Å². The molecular formula is C25H42O3Si. The zero-order valence-corrected chi connectivity index (χ0v) is 21.2. The predicted molar refractivity (Wildman–Crippen MR) is 118 cm³/mol. The van der Waals surface area contributed by atoms with E-state index in [2.05, 4.69) is 54.6 Å². The van der Waals surface area contributed by atoms with Crippen molar-refractivity contribution >= 4 is 14.1 Å². The minimum Gasteiger partial charge on any atom is -0.411 e. The van der Waals surface area contributed by atoms with Crippen molar-refractivity contribution in [1.82, 2.24) is 0 Å². The number of ketones is 1. The van der Waals surface area contributed by atoms with Gasteiger partial charge in [0.2, 0.25) is 0 Å². The summed E-state index contributed by atoms with van der Waals surface area (Å²) in [5.74, 6) is 1.54. The van der Waals surface area contributed by atoms with Crippen molar-refractivity contribution < 1.29 is 14.0 Å². The highest BCUT2D eigenvalue weighted by Gasteiger charge is 2.80. The van der Waals surface area contributed by atoms with Crippen molar-refractivity contribution in [2.75, 3.05) is 0 Å². The Kier molecular flexibility index (Phi) is 3.73.